The molecule has 0 radical (unpaired) electrons. The van der Waals surface area contributed by atoms with Crippen LogP contribution in [0.2, 0.25) is 0 Å². The number of aryl methyl sites for hydroxylation is 1. The Morgan fingerprint density at radius 1 is 1.50 bits per heavy atom. The van der Waals surface area contributed by atoms with Gasteiger partial charge in [-0.05, 0) is 31.5 Å². The van der Waals surface area contributed by atoms with Gasteiger partial charge in [0.1, 0.15) is 0 Å². The van der Waals surface area contributed by atoms with Crippen molar-refractivity contribution in [2.75, 3.05) is 19.6 Å². The van der Waals surface area contributed by atoms with Crippen LogP contribution in [-0.4, -0.2) is 34.3 Å². The van der Waals surface area contributed by atoms with Gasteiger partial charge in [0, 0.05) is 26.3 Å². The predicted octanol–water partition coefficient (Wildman–Crippen LogP) is 1.23. The third-order valence-electron chi connectivity index (χ3n) is 2.46. The van der Waals surface area contributed by atoms with E-state index in [1.165, 1.54) is 0 Å². The van der Waals surface area contributed by atoms with E-state index in [0.29, 0.717) is 5.92 Å². The molecule has 0 bridgehead atoms. The van der Waals surface area contributed by atoms with Gasteiger partial charge < -0.3 is 5.73 Å². The van der Waals surface area contributed by atoms with Crippen molar-refractivity contribution < 1.29 is 0 Å². The summed E-state index contributed by atoms with van der Waals surface area (Å²) in [7, 11) is 1.95. The number of nitrogens with zero attached hydrogens (tertiary/aromatic N) is 3. The number of aromatic nitrogens is 2. The van der Waals surface area contributed by atoms with Crippen LogP contribution in [0.4, 0.5) is 0 Å². The lowest BCUT2D eigenvalue weighted by Gasteiger charge is -2.23. The van der Waals surface area contributed by atoms with Crippen LogP contribution in [0, 0.1) is 5.92 Å². The van der Waals surface area contributed by atoms with Gasteiger partial charge in [-0.25, -0.2) is 0 Å². The quantitative estimate of drug-likeness (QED) is 0.757. The van der Waals surface area contributed by atoms with E-state index < -0.39 is 0 Å². The van der Waals surface area contributed by atoms with E-state index in [2.05, 4.69) is 29.9 Å². The molecule has 4 heteroatoms. The van der Waals surface area contributed by atoms with Crippen LogP contribution >= 0.6 is 0 Å². The first-order valence-corrected chi connectivity index (χ1v) is 6.02. The topological polar surface area (TPSA) is 47.1 Å². The molecule has 0 amide bonds. The van der Waals surface area contributed by atoms with Gasteiger partial charge in [-0.1, -0.05) is 13.8 Å². The van der Waals surface area contributed by atoms with Gasteiger partial charge in [0.05, 0.1) is 5.69 Å². The largest absolute Gasteiger partial charge is 0.330 e. The smallest absolute Gasteiger partial charge is 0.0764 e. The second kappa shape index (κ2) is 6.66. The van der Waals surface area contributed by atoms with Gasteiger partial charge in [-0.3, -0.25) is 9.58 Å². The molecule has 1 rings (SSSR count). The Balaban J connectivity index is 2.48. The van der Waals surface area contributed by atoms with Crippen LogP contribution in [0.5, 0.6) is 0 Å². The lowest BCUT2D eigenvalue weighted by atomic mass is 10.2. The Labute approximate surface area is 98.4 Å². The fraction of sp³-hybridized carbons (Fsp3) is 0.750. The highest BCUT2D eigenvalue weighted by molar-refractivity contribution is 4.98. The molecule has 2 N–H and O–H groups in total. The normalized spacial score (nSPS) is 11.6. The molecule has 0 unspecified atom stereocenters. The van der Waals surface area contributed by atoms with Crippen molar-refractivity contribution in [1.82, 2.24) is 14.7 Å². The van der Waals surface area contributed by atoms with Crippen molar-refractivity contribution in [3.8, 4) is 0 Å². The summed E-state index contributed by atoms with van der Waals surface area (Å²) in [5.41, 5.74) is 6.70. The number of hydrogen-bond donors (Lipinski definition) is 1. The van der Waals surface area contributed by atoms with Crippen molar-refractivity contribution in [3.05, 3.63) is 18.0 Å². The molecule has 1 heterocycles. The van der Waals surface area contributed by atoms with Crippen LogP contribution < -0.4 is 5.73 Å². The molecule has 1 aromatic heterocycles. The lowest BCUT2D eigenvalue weighted by molar-refractivity contribution is 0.231. The highest BCUT2D eigenvalue weighted by atomic mass is 15.3. The molecule has 1 aromatic rings. The third kappa shape index (κ3) is 4.77. The zero-order chi connectivity index (χ0) is 12.0. The maximum Gasteiger partial charge on any atom is 0.0764 e. The van der Waals surface area contributed by atoms with Gasteiger partial charge in [0.2, 0.25) is 0 Å². The van der Waals surface area contributed by atoms with Crippen molar-refractivity contribution in [1.29, 1.82) is 0 Å². The van der Waals surface area contributed by atoms with Gasteiger partial charge in [0.15, 0.2) is 0 Å². The van der Waals surface area contributed by atoms with E-state index in [0.717, 1.165) is 38.3 Å². The minimum atomic E-state index is 0.682. The average Bonchev–Trinajstić information content (AvgIpc) is 2.59. The summed E-state index contributed by atoms with van der Waals surface area (Å²) in [5.74, 6) is 0.682. The minimum Gasteiger partial charge on any atom is -0.330 e. The minimum absolute atomic E-state index is 0.682. The monoisotopic (exact) mass is 224 g/mol. The fourth-order valence-corrected chi connectivity index (χ4v) is 1.84. The molecule has 0 saturated heterocycles. The first-order chi connectivity index (χ1) is 7.61. The Kier molecular flexibility index (Phi) is 5.49. The standard InChI is InChI=1S/C12H24N4/c1-11(2)9-16(7-4-6-13)10-12-5-8-15(3)14-12/h5,8,11H,4,6-7,9-10,13H2,1-3H3. The van der Waals surface area contributed by atoms with E-state index in [-0.39, 0.29) is 0 Å². The molecular weight excluding hydrogens is 200 g/mol. The van der Waals surface area contributed by atoms with Crippen LogP contribution in [-0.2, 0) is 13.6 Å². The number of nitrogens with two attached hydrogens (primary N) is 1. The van der Waals surface area contributed by atoms with Crippen LogP contribution in [0.1, 0.15) is 26.0 Å². The van der Waals surface area contributed by atoms with Crippen molar-refractivity contribution in [3.63, 3.8) is 0 Å². The summed E-state index contributed by atoms with van der Waals surface area (Å²) in [5, 5.41) is 4.41. The Bertz CT molecular complexity index is 293. The Morgan fingerprint density at radius 3 is 2.75 bits per heavy atom. The SMILES string of the molecule is CC(C)CN(CCCN)Cc1ccn(C)n1. The molecule has 92 valence electrons. The maximum absolute atomic E-state index is 5.56. The van der Waals surface area contributed by atoms with E-state index in [4.69, 9.17) is 5.73 Å². The fourth-order valence-electron chi connectivity index (χ4n) is 1.84. The van der Waals surface area contributed by atoms with E-state index >= 15 is 0 Å². The first kappa shape index (κ1) is 13.2. The van der Waals surface area contributed by atoms with Crippen molar-refractivity contribution >= 4 is 0 Å². The molecule has 0 fully saturated rings. The zero-order valence-corrected chi connectivity index (χ0v) is 10.7. The predicted molar refractivity (Wildman–Crippen MR) is 67.0 cm³/mol. The molecule has 0 aliphatic heterocycles. The van der Waals surface area contributed by atoms with Crippen LogP contribution in [0.15, 0.2) is 12.3 Å². The molecular formula is C12H24N4. The third-order valence-corrected chi connectivity index (χ3v) is 2.46. The maximum atomic E-state index is 5.56. The Hall–Kier alpha value is -0.870. The van der Waals surface area contributed by atoms with Gasteiger partial charge in [-0.2, -0.15) is 5.10 Å². The van der Waals surface area contributed by atoms with Crippen LogP contribution in [0.25, 0.3) is 0 Å². The van der Waals surface area contributed by atoms with E-state index in [1.54, 1.807) is 0 Å². The summed E-state index contributed by atoms with van der Waals surface area (Å²) in [6, 6.07) is 2.08. The van der Waals surface area contributed by atoms with Crippen LogP contribution in [0.3, 0.4) is 0 Å². The zero-order valence-electron chi connectivity index (χ0n) is 10.7. The highest BCUT2D eigenvalue weighted by Crippen LogP contribution is 2.06. The van der Waals surface area contributed by atoms with Crippen molar-refractivity contribution in [2.24, 2.45) is 18.7 Å². The molecule has 0 atom stereocenters. The summed E-state index contributed by atoms with van der Waals surface area (Å²) in [4.78, 5) is 2.43. The molecule has 4 nitrogen and oxygen atoms in total. The first-order valence-electron chi connectivity index (χ1n) is 6.02. The second-order valence-corrected chi connectivity index (χ2v) is 4.75. The van der Waals surface area contributed by atoms with E-state index in [9.17, 15) is 0 Å². The molecule has 16 heavy (non-hydrogen) atoms. The van der Waals surface area contributed by atoms with Crippen molar-refractivity contribution in [2.45, 2.75) is 26.8 Å². The molecule has 0 spiro atoms. The second-order valence-electron chi connectivity index (χ2n) is 4.75. The van der Waals surface area contributed by atoms with Gasteiger partial charge >= 0.3 is 0 Å². The summed E-state index contributed by atoms with van der Waals surface area (Å²) in [6.45, 7) is 8.35. The average molecular weight is 224 g/mol. The highest BCUT2D eigenvalue weighted by Gasteiger charge is 2.09. The summed E-state index contributed by atoms with van der Waals surface area (Å²) >= 11 is 0. The lowest BCUT2D eigenvalue weighted by Crippen LogP contribution is -2.29. The Morgan fingerprint density at radius 2 is 2.25 bits per heavy atom. The van der Waals surface area contributed by atoms with E-state index in [1.807, 2.05) is 17.9 Å². The molecule has 0 aliphatic rings. The molecule has 0 saturated carbocycles. The summed E-state index contributed by atoms with van der Waals surface area (Å²) in [6.07, 6.45) is 3.05. The number of hydrogen-bond acceptors (Lipinski definition) is 3. The van der Waals surface area contributed by atoms with Gasteiger partial charge in [0.25, 0.3) is 0 Å². The molecule has 0 aromatic carbocycles. The summed E-state index contributed by atoms with van der Waals surface area (Å²) < 4.78 is 1.85. The molecule has 0 aliphatic carbocycles. The van der Waals surface area contributed by atoms with Gasteiger partial charge in [-0.15, -0.1) is 0 Å². The number of rotatable bonds is 7.